The van der Waals surface area contributed by atoms with E-state index in [2.05, 4.69) is 27.3 Å². The fraction of sp³-hybridized carbons (Fsp3) is 0.429. The molecule has 1 aromatic rings. The van der Waals surface area contributed by atoms with E-state index in [-0.39, 0.29) is 11.9 Å². The molecule has 0 spiro atoms. The zero-order valence-corrected chi connectivity index (χ0v) is 12.8. The van der Waals surface area contributed by atoms with Gasteiger partial charge in [-0.2, -0.15) is 5.26 Å². The lowest BCUT2D eigenvalue weighted by atomic mass is 10.1. The Kier molecular flexibility index (Phi) is 4.99. The molecule has 2 rings (SSSR count). The number of hydrogen-bond donors (Lipinski definition) is 1. The van der Waals surface area contributed by atoms with Crippen LogP contribution in [0.15, 0.2) is 22.7 Å². The average molecular weight is 338 g/mol. The van der Waals surface area contributed by atoms with Crippen LogP contribution in [0.1, 0.15) is 12.5 Å². The molecule has 1 atom stereocenters. The number of carbonyl (C=O) groups is 1. The molecule has 0 saturated carbocycles. The van der Waals surface area contributed by atoms with E-state index in [9.17, 15) is 4.79 Å². The van der Waals surface area contributed by atoms with Crippen molar-refractivity contribution in [2.75, 3.05) is 31.6 Å². The maximum atomic E-state index is 12.3. The summed E-state index contributed by atoms with van der Waals surface area (Å²) in [6, 6.07) is 7.19. The standard InChI is InChI=1S/C14H16BrN3O2/c1-10(14(19)18-5-7-20-8-6-18)17-13-4-2-3-12(15)11(13)9-16/h2-4,10,17H,5-8H2,1H3. The molecule has 1 amide bonds. The highest BCUT2D eigenvalue weighted by Crippen LogP contribution is 2.24. The maximum Gasteiger partial charge on any atom is 0.244 e. The van der Waals surface area contributed by atoms with E-state index in [1.165, 1.54) is 0 Å². The molecule has 0 bridgehead atoms. The van der Waals surface area contributed by atoms with Gasteiger partial charge in [-0.1, -0.05) is 6.07 Å². The monoisotopic (exact) mass is 337 g/mol. The third-order valence-electron chi connectivity index (χ3n) is 3.19. The number of hydrogen-bond acceptors (Lipinski definition) is 4. The number of nitrogens with one attached hydrogen (secondary N) is 1. The first-order valence-electron chi connectivity index (χ1n) is 6.45. The number of anilines is 1. The van der Waals surface area contributed by atoms with Gasteiger partial charge >= 0.3 is 0 Å². The minimum atomic E-state index is -0.380. The quantitative estimate of drug-likeness (QED) is 0.915. The molecule has 20 heavy (non-hydrogen) atoms. The summed E-state index contributed by atoms with van der Waals surface area (Å²) in [4.78, 5) is 14.1. The van der Waals surface area contributed by atoms with Crippen molar-refractivity contribution >= 4 is 27.5 Å². The lowest BCUT2D eigenvalue weighted by molar-refractivity contribution is -0.135. The summed E-state index contributed by atoms with van der Waals surface area (Å²) in [7, 11) is 0. The van der Waals surface area contributed by atoms with Crippen molar-refractivity contribution in [2.45, 2.75) is 13.0 Å². The van der Waals surface area contributed by atoms with Crippen LogP contribution in [0.3, 0.4) is 0 Å². The van der Waals surface area contributed by atoms with Gasteiger partial charge in [-0.15, -0.1) is 0 Å². The van der Waals surface area contributed by atoms with Gasteiger partial charge in [-0.05, 0) is 35.0 Å². The van der Waals surface area contributed by atoms with Crippen molar-refractivity contribution in [2.24, 2.45) is 0 Å². The minimum absolute atomic E-state index is 0.0252. The topological polar surface area (TPSA) is 65.4 Å². The van der Waals surface area contributed by atoms with Gasteiger partial charge in [-0.25, -0.2) is 0 Å². The number of carbonyl (C=O) groups excluding carboxylic acids is 1. The molecule has 1 heterocycles. The van der Waals surface area contributed by atoms with Gasteiger partial charge in [0.05, 0.1) is 24.5 Å². The number of benzene rings is 1. The second-order valence-corrected chi connectivity index (χ2v) is 5.43. The highest BCUT2D eigenvalue weighted by Gasteiger charge is 2.23. The molecule has 1 fully saturated rings. The van der Waals surface area contributed by atoms with Gasteiger partial charge in [0.15, 0.2) is 0 Å². The summed E-state index contributed by atoms with van der Waals surface area (Å²) < 4.78 is 5.96. The SMILES string of the molecule is CC(Nc1cccc(Br)c1C#N)C(=O)N1CCOCC1. The molecule has 1 aliphatic heterocycles. The van der Waals surface area contributed by atoms with Crippen molar-refractivity contribution in [1.82, 2.24) is 4.90 Å². The summed E-state index contributed by atoms with van der Waals surface area (Å²) >= 11 is 3.34. The lowest BCUT2D eigenvalue weighted by Crippen LogP contribution is -2.47. The van der Waals surface area contributed by atoms with Crippen molar-refractivity contribution < 1.29 is 9.53 Å². The first-order chi connectivity index (χ1) is 9.63. The van der Waals surface area contributed by atoms with Crippen LogP contribution in [0.2, 0.25) is 0 Å². The van der Waals surface area contributed by atoms with E-state index < -0.39 is 0 Å². The smallest absolute Gasteiger partial charge is 0.244 e. The first kappa shape index (κ1) is 14.8. The number of nitrogens with zero attached hydrogens (tertiary/aromatic N) is 2. The zero-order valence-electron chi connectivity index (χ0n) is 11.2. The summed E-state index contributed by atoms with van der Waals surface area (Å²) in [6.07, 6.45) is 0. The molecule has 1 saturated heterocycles. The van der Waals surface area contributed by atoms with Gasteiger partial charge < -0.3 is 15.0 Å². The molecule has 1 aliphatic rings. The molecule has 0 radical (unpaired) electrons. The second kappa shape index (κ2) is 6.73. The Bertz CT molecular complexity index is 536. The van der Waals surface area contributed by atoms with E-state index in [4.69, 9.17) is 10.00 Å². The molecule has 1 unspecified atom stereocenters. The summed E-state index contributed by atoms with van der Waals surface area (Å²) in [5, 5.41) is 12.3. The molecular weight excluding hydrogens is 322 g/mol. The Labute approximate surface area is 126 Å². The van der Waals surface area contributed by atoms with Crippen molar-refractivity contribution in [3.8, 4) is 6.07 Å². The molecular formula is C14H16BrN3O2. The second-order valence-electron chi connectivity index (χ2n) is 4.58. The van der Waals surface area contributed by atoms with E-state index in [1.807, 2.05) is 6.07 Å². The van der Waals surface area contributed by atoms with E-state index in [1.54, 1.807) is 24.0 Å². The zero-order chi connectivity index (χ0) is 14.5. The molecule has 5 nitrogen and oxygen atoms in total. The van der Waals surface area contributed by atoms with Crippen LogP contribution in [0.5, 0.6) is 0 Å². The highest BCUT2D eigenvalue weighted by atomic mass is 79.9. The number of halogens is 1. The van der Waals surface area contributed by atoms with Crippen LogP contribution >= 0.6 is 15.9 Å². The Hall–Kier alpha value is -1.58. The summed E-state index contributed by atoms with van der Waals surface area (Å²) in [5.74, 6) is 0.0252. The number of amides is 1. The minimum Gasteiger partial charge on any atom is -0.378 e. The predicted molar refractivity (Wildman–Crippen MR) is 79.3 cm³/mol. The van der Waals surface area contributed by atoms with E-state index in [0.717, 1.165) is 4.47 Å². The maximum absolute atomic E-state index is 12.3. The van der Waals surface area contributed by atoms with Gasteiger partial charge in [0.2, 0.25) is 5.91 Å². The Morgan fingerprint density at radius 2 is 2.20 bits per heavy atom. The van der Waals surface area contributed by atoms with Crippen LogP contribution < -0.4 is 5.32 Å². The molecule has 0 aliphatic carbocycles. The number of rotatable bonds is 3. The van der Waals surface area contributed by atoms with Gasteiger partial charge in [0.25, 0.3) is 0 Å². The predicted octanol–water partition coefficient (Wildman–Crippen LogP) is 1.98. The van der Waals surface area contributed by atoms with Crippen molar-refractivity contribution in [1.29, 1.82) is 5.26 Å². The summed E-state index contributed by atoms with van der Waals surface area (Å²) in [6.45, 7) is 4.21. The third-order valence-corrected chi connectivity index (χ3v) is 3.85. The van der Waals surface area contributed by atoms with Crippen LogP contribution in [0.25, 0.3) is 0 Å². The van der Waals surface area contributed by atoms with E-state index >= 15 is 0 Å². The molecule has 106 valence electrons. The van der Waals surface area contributed by atoms with Crippen molar-refractivity contribution in [3.05, 3.63) is 28.2 Å². The molecule has 1 N–H and O–H groups in total. The molecule has 0 aromatic heterocycles. The fourth-order valence-electron chi connectivity index (χ4n) is 2.11. The van der Waals surface area contributed by atoms with E-state index in [0.29, 0.717) is 37.6 Å². The van der Waals surface area contributed by atoms with Crippen LogP contribution in [0.4, 0.5) is 5.69 Å². The lowest BCUT2D eigenvalue weighted by Gasteiger charge is -2.30. The molecule has 6 heteroatoms. The van der Waals surface area contributed by atoms with Crippen LogP contribution in [-0.4, -0.2) is 43.2 Å². The summed E-state index contributed by atoms with van der Waals surface area (Å²) in [5.41, 5.74) is 1.17. The fourth-order valence-corrected chi connectivity index (χ4v) is 2.57. The largest absolute Gasteiger partial charge is 0.378 e. The van der Waals surface area contributed by atoms with Gasteiger partial charge in [0.1, 0.15) is 12.1 Å². The van der Waals surface area contributed by atoms with Gasteiger partial charge in [0, 0.05) is 17.6 Å². The average Bonchev–Trinajstić information content (AvgIpc) is 2.47. The van der Waals surface area contributed by atoms with Crippen LogP contribution in [-0.2, 0) is 9.53 Å². The highest BCUT2D eigenvalue weighted by molar-refractivity contribution is 9.10. The number of morpholine rings is 1. The van der Waals surface area contributed by atoms with Crippen molar-refractivity contribution in [3.63, 3.8) is 0 Å². The first-order valence-corrected chi connectivity index (χ1v) is 7.24. The number of ether oxygens (including phenoxy) is 1. The Morgan fingerprint density at radius 3 is 2.85 bits per heavy atom. The Morgan fingerprint density at radius 1 is 1.50 bits per heavy atom. The normalized spacial score (nSPS) is 16.4. The van der Waals surface area contributed by atoms with Crippen LogP contribution in [0, 0.1) is 11.3 Å². The van der Waals surface area contributed by atoms with Gasteiger partial charge in [-0.3, -0.25) is 4.79 Å². The third kappa shape index (κ3) is 3.30. The Balaban J connectivity index is 2.08. The molecule has 1 aromatic carbocycles. The number of nitriles is 1.